The molecular formula is C12H13N5O. The third kappa shape index (κ3) is 2.77. The van der Waals surface area contributed by atoms with Crippen molar-refractivity contribution < 1.29 is 4.42 Å². The second-order valence-corrected chi connectivity index (χ2v) is 3.81. The standard InChI is InChI=1S/C12H13N5O/c1-9-3-4-12(18-9)16-10-7-11(15-8-14-10)17(2)6-5-13/h3-4,7-8H,6H2,1-2H3,(H,14,15,16). The molecule has 2 aromatic rings. The van der Waals surface area contributed by atoms with Gasteiger partial charge in [-0.15, -0.1) is 0 Å². The van der Waals surface area contributed by atoms with E-state index in [-0.39, 0.29) is 6.54 Å². The fourth-order valence-corrected chi connectivity index (χ4v) is 1.44. The largest absolute Gasteiger partial charge is 0.446 e. The monoisotopic (exact) mass is 243 g/mol. The third-order valence-electron chi connectivity index (χ3n) is 2.34. The number of hydrogen-bond donors (Lipinski definition) is 1. The topological polar surface area (TPSA) is 78.0 Å². The molecule has 0 aliphatic heterocycles. The highest BCUT2D eigenvalue weighted by atomic mass is 16.4. The molecule has 0 saturated heterocycles. The minimum atomic E-state index is 0.274. The number of anilines is 3. The molecular weight excluding hydrogens is 230 g/mol. The molecule has 92 valence electrons. The van der Waals surface area contributed by atoms with Gasteiger partial charge in [0, 0.05) is 19.2 Å². The lowest BCUT2D eigenvalue weighted by atomic mass is 10.4. The molecule has 0 bridgehead atoms. The zero-order valence-electron chi connectivity index (χ0n) is 10.2. The van der Waals surface area contributed by atoms with Crippen molar-refractivity contribution in [3.05, 3.63) is 30.3 Å². The van der Waals surface area contributed by atoms with E-state index in [1.807, 2.05) is 19.1 Å². The van der Waals surface area contributed by atoms with Gasteiger partial charge in [0.25, 0.3) is 0 Å². The average molecular weight is 243 g/mol. The number of furan rings is 1. The summed E-state index contributed by atoms with van der Waals surface area (Å²) in [6.07, 6.45) is 1.45. The highest BCUT2D eigenvalue weighted by molar-refractivity contribution is 5.55. The van der Waals surface area contributed by atoms with Crippen LogP contribution in [-0.4, -0.2) is 23.6 Å². The summed E-state index contributed by atoms with van der Waals surface area (Å²) in [6.45, 7) is 2.15. The fraction of sp³-hybridized carbons (Fsp3) is 0.250. The molecule has 6 heteroatoms. The zero-order valence-corrected chi connectivity index (χ0v) is 10.2. The van der Waals surface area contributed by atoms with E-state index in [2.05, 4.69) is 21.4 Å². The van der Waals surface area contributed by atoms with Gasteiger partial charge in [-0.05, 0) is 13.0 Å². The van der Waals surface area contributed by atoms with E-state index in [1.54, 1.807) is 18.0 Å². The summed E-state index contributed by atoms with van der Waals surface area (Å²) in [7, 11) is 1.80. The lowest BCUT2D eigenvalue weighted by Gasteiger charge is -2.14. The normalized spacial score (nSPS) is 9.83. The van der Waals surface area contributed by atoms with Crippen molar-refractivity contribution in [1.82, 2.24) is 9.97 Å². The molecule has 2 rings (SSSR count). The van der Waals surface area contributed by atoms with Gasteiger partial charge in [0.2, 0.25) is 0 Å². The minimum Gasteiger partial charge on any atom is -0.446 e. The number of nitriles is 1. The van der Waals surface area contributed by atoms with Crippen LogP contribution in [0.15, 0.2) is 28.9 Å². The Hall–Kier alpha value is -2.55. The molecule has 6 nitrogen and oxygen atoms in total. The van der Waals surface area contributed by atoms with Crippen molar-refractivity contribution in [2.45, 2.75) is 6.92 Å². The van der Waals surface area contributed by atoms with Gasteiger partial charge in [0.05, 0.1) is 6.07 Å². The van der Waals surface area contributed by atoms with Gasteiger partial charge >= 0.3 is 0 Å². The Morgan fingerprint density at radius 1 is 1.44 bits per heavy atom. The van der Waals surface area contributed by atoms with Crippen LogP contribution in [0, 0.1) is 18.3 Å². The quantitative estimate of drug-likeness (QED) is 0.828. The second-order valence-electron chi connectivity index (χ2n) is 3.81. The highest BCUT2D eigenvalue weighted by Gasteiger charge is 2.05. The molecule has 0 unspecified atom stereocenters. The van der Waals surface area contributed by atoms with Crippen LogP contribution in [0.1, 0.15) is 5.76 Å². The Labute approximate surface area is 105 Å². The van der Waals surface area contributed by atoms with Crippen LogP contribution < -0.4 is 10.2 Å². The van der Waals surface area contributed by atoms with Crippen molar-refractivity contribution in [2.75, 3.05) is 23.8 Å². The van der Waals surface area contributed by atoms with Crippen LogP contribution in [-0.2, 0) is 0 Å². The first-order valence-electron chi connectivity index (χ1n) is 5.42. The van der Waals surface area contributed by atoms with Gasteiger partial charge in [-0.25, -0.2) is 9.97 Å². The first-order chi connectivity index (χ1) is 8.69. The number of aryl methyl sites for hydroxylation is 1. The maximum Gasteiger partial charge on any atom is 0.198 e. The molecule has 0 amide bonds. The van der Waals surface area contributed by atoms with E-state index in [4.69, 9.17) is 9.68 Å². The average Bonchev–Trinajstić information content (AvgIpc) is 2.75. The Morgan fingerprint density at radius 3 is 2.94 bits per heavy atom. The molecule has 2 heterocycles. The van der Waals surface area contributed by atoms with Crippen LogP contribution in [0.5, 0.6) is 0 Å². The Morgan fingerprint density at radius 2 is 2.28 bits per heavy atom. The van der Waals surface area contributed by atoms with E-state index in [0.29, 0.717) is 17.5 Å². The summed E-state index contributed by atoms with van der Waals surface area (Å²) in [5, 5.41) is 11.7. The molecule has 0 fully saturated rings. The van der Waals surface area contributed by atoms with Gasteiger partial charge in [0.1, 0.15) is 30.3 Å². The van der Waals surface area contributed by atoms with E-state index < -0.39 is 0 Å². The Kier molecular flexibility index (Phi) is 3.44. The van der Waals surface area contributed by atoms with Crippen molar-refractivity contribution in [1.29, 1.82) is 5.26 Å². The van der Waals surface area contributed by atoms with Crippen molar-refractivity contribution in [2.24, 2.45) is 0 Å². The van der Waals surface area contributed by atoms with E-state index in [0.717, 1.165) is 5.76 Å². The fourth-order valence-electron chi connectivity index (χ4n) is 1.44. The molecule has 1 N–H and O–H groups in total. The lowest BCUT2D eigenvalue weighted by molar-refractivity contribution is 0.551. The molecule has 0 aromatic carbocycles. The number of hydrogen-bond acceptors (Lipinski definition) is 6. The molecule has 0 saturated carbocycles. The molecule has 0 aliphatic carbocycles. The summed E-state index contributed by atoms with van der Waals surface area (Å²) < 4.78 is 5.40. The molecule has 18 heavy (non-hydrogen) atoms. The van der Waals surface area contributed by atoms with Crippen molar-refractivity contribution in [3.63, 3.8) is 0 Å². The van der Waals surface area contributed by atoms with Gasteiger partial charge in [-0.2, -0.15) is 5.26 Å². The summed E-state index contributed by atoms with van der Waals surface area (Å²) in [4.78, 5) is 9.93. The molecule has 0 aliphatic rings. The molecule has 0 radical (unpaired) electrons. The predicted octanol–water partition coefficient (Wildman–Crippen LogP) is 2.08. The first-order valence-corrected chi connectivity index (χ1v) is 5.42. The van der Waals surface area contributed by atoms with Crippen LogP contribution in [0.25, 0.3) is 0 Å². The van der Waals surface area contributed by atoms with Gasteiger partial charge in [-0.1, -0.05) is 0 Å². The number of nitrogens with one attached hydrogen (secondary N) is 1. The summed E-state index contributed by atoms with van der Waals surface area (Å²) in [5.41, 5.74) is 0. The SMILES string of the molecule is Cc1ccc(Nc2cc(N(C)CC#N)ncn2)o1. The van der Waals surface area contributed by atoms with E-state index in [9.17, 15) is 0 Å². The van der Waals surface area contributed by atoms with Crippen molar-refractivity contribution >= 4 is 17.5 Å². The van der Waals surface area contributed by atoms with Gasteiger partial charge in [-0.3, -0.25) is 0 Å². The number of nitrogens with zero attached hydrogens (tertiary/aromatic N) is 4. The minimum absolute atomic E-state index is 0.274. The lowest BCUT2D eigenvalue weighted by Crippen LogP contribution is -2.18. The second kappa shape index (κ2) is 5.19. The maximum atomic E-state index is 8.64. The summed E-state index contributed by atoms with van der Waals surface area (Å²) in [6, 6.07) is 7.52. The van der Waals surface area contributed by atoms with Gasteiger partial charge in [0.15, 0.2) is 5.88 Å². The molecule has 0 atom stereocenters. The Bertz CT molecular complexity index is 572. The maximum absolute atomic E-state index is 8.64. The van der Waals surface area contributed by atoms with E-state index in [1.165, 1.54) is 6.33 Å². The summed E-state index contributed by atoms with van der Waals surface area (Å²) >= 11 is 0. The number of rotatable bonds is 4. The third-order valence-corrected chi connectivity index (χ3v) is 2.34. The predicted molar refractivity (Wildman–Crippen MR) is 67.6 cm³/mol. The zero-order chi connectivity index (χ0) is 13.0. The number of aromatic nitrogens is 2. The van der Waals surface area contributed by atoms with Crippen molar-refractivity contribution in [3.8, 4) is 6.07 Å². The summed E-state index contributed by atoms with van der Waals surface area (Å²) in [5.74, 6) is 2.75. The van der Waals surface area contributed by atoms with Crippen LogP contribution in [0.4, 0.5) is 17.5 Å². The van der Waals surface area contributed by atoms with Crippen LogP contribution in [0.2, 0.25) is 0 Å². The first kappa shape index (κ1) is 11.9. The molecule has 0 spiro atoms. The van der Waals surface area contributed by atoms with Gasteiger partial charge < -0.3 is 14.6 Å². The van der Waals surface area contributed by atoms with Crippen LogP contribution in [0.3, 0.4) is 0 Å². The smallest absolute Gasteiger partial charge is 0.198 e. The van der Waals surface area contributed by atoms with Crippen LogP contribution >= 0.6 is 0 Å². The van der Waals surface area contributed by atoms with E-state index >= 15 is 0 Å². The highest BCUT2D eigenvalue weighted by Crippen LogP contribution is 2.19. The molecule has 2 aromatic heterocycles. The Balaban J connectivity index is 2.15.